The Kier molecular flexibility index (Phi) is 6.35. The Balaban J connectivity index is 1.68. The minimum Gasteiger partial charge on any atom is -0.481 e. The maximum atomic E-state index is 13.5. The highest BCUT2D eigenvalue weighted by atomic mass is 35.5. The van der Waals surface area contributed by atoms with E-state index in [9.17, 15) is 14.4 Å². The van der Waals surface area contributed by atoms with Gasteiger partial charge in [0.05, 0.1) is 23.4 Å². The molecule has 0 saturated heterocycles. The topological polar surface area (TPSA) is 116 Å². The summed E-state index contributed by atoms with van der Waals surface area (Å²) < 4.78 is 0. The van der Waals surface area contributed by atoms with Gasteiger partial charge < -0.3 is 10.1 Å². The second-order valence-electron chi connectivity index (χ2n) is 8.41. The molecule has 0 bridgehead atoms. The Morgan fingerprint density at radius 2 is 1.75 bits per heavy atom. The van der Waals surface area contributed by atoms with Gasteiger partial charge in [-0.25, -0.2) is 5.01 Å². The van der Waals surface area contributed by atoms with E-state index in [1.807, 2.05) is 42.5 Å². The lowest BCUT2D eigenvalue weighted by Gasteiger charge is -2.20. The highest BCUT2D eigenvalue weighted by Gasteiger charge is 2.36. The van der Waals surface area contributed by atoms with Crippen LogP contribution < -0.4 is 5.56 Å². The molecule has 36 heavy (non-hydrogen) atoms. The number of hydrogen-bond acceptors (Lipinski definition) is 5. The molecule has 1 atom stereocenters. The van der Waals surface area contributed by atoms with E-state index in [0.717, 1.165) is 10.9 Å². The van der Waals surface area contributed by atoms with Gasteiger partial charge in [0.2, 0.25) is 5.91 Å². The molecule has 1 aliphatic rings. The third-order valence-corrected chi connectivity index (χ3v) is 6.34. The van der Waals surface area contributed by atoms with Crippen molar-refractivity contribution in [3.05, 3.63) is 99.6 Å². The number of aromatic nitrogens is 2. The summed E-state index contributed by atoms with van der Waals surface area (Å²) in [6, 6.07) is 19.5. The van der Waals surface area contributed by atoms with E-state index >= 15 is 0 Å². The Hall–Kier alpha value is -4.30. The zero-order valence-corrected chi connectivity index (χ0v) is 19.8. The Bertz CT molecular complexity index is 1550. The van der Waals surface area contributed by atoms with Gasteiger partial charge in [-0.15, -0.1) is 0 Å². The summed E-state index contributed by atoms with van der Waals surface area (Å²) in [6.07, 6.45) is 1.34. The van der Waals surface area contributed by atoms with Crippen LogP contribution in [-0.4, -0.2) is 37.7 Å². The maximum Gasteiger partial charge on any atom is 0.303 e. The highest BCUT2D eigenvalue weighted by Crippen LogP contribution is 2.36. The third-order valence-electron chi connectivity index (χ3n) is 6.09. The maximum absolute atomic E-state index is 13.5. The number of pyridine rings is 2. The molecule has 0 fully saturated rings. The van der Waals surface area contributed by atoms with E-state index in [-0.39, 0.29) is 24.8 Å². The number of carbonyl (C=O) groups excluding carboxylic acids is 1. The van der Waals surface area contributed by atoms with Crippen LogP contribution in [0.2, 0.25) is 5.02 Å². The van der Waals surface area contributed by atoms with Crippen molar-refractivity contribution in [3.8, 4) is 11.1 Å². The smallest absolute Gasteiger partial charge is 0.303 e. The van der Waals surface area contributed by atoms with Crippen LogP contribution in [0.3, 0.4) is 0 Å². The summed E-state index contributed by atoms with van der Waals surface area (Å²) in [4.78, 5) is 44.9. The number of amides is 1. The summed E-state index contributed by atoms with van der Waals surface area (Å²) in [5.41, 5.74) is 3.18. The van der Waals surface area contributed by atoms with Gasteiger partial charge in [0.15, 0.2) is 0 Å². The van der Waals surface area contributed by atoms with Gasteiger partial charge >= 0.3 is 5.97 Å². The fourth-order valence-electron chi connectivity index (χ4n) is 4.46. The van der Waals surface area contributed by atoms with Crippen LogP contribution in [0.4, 0.5) is 0 Å². The molecule has 1 aliphatic heterocycles. The lowest BCUT2D eigenvalue weighted by molar-refractivity contribution is -0.141. The average Bonchev–Trinajstić information content (AvgIpc) is 3.32. The van der Waals surface area contributed by atoms with Crippen LogP contribution in [-0.2, 0) is 9.59 Å². The normalized spacial score (nSPS) is 15.2. The van der Waals surface area contributed by atoms with Crippen molar-refractivity contribution in [2.45, 2.75) is 25.3 Å². The summed E-state index contributed by atoms with van der Waals surface area (Å²) in [5, 5.41) is 16.3. The van der Waals surface area contributed by atoms with Crippen molar-refractivity contribution in [3.63, 3.8) is 0 Å². The number of nitrogens with one attached hydrogen (secondary N) is 1. The van der Waals surface area contributed by atoms with Crippen LogP contribution in [0, 0.1) is 0 Å². The highest BCUT2D eigenvalue weighted by molar-refractivity contribution is 6.30. The number of nitrogens with zero attached hydrogens (tertiary/aromatic N) is 3. The van der Waals surface area contributed by atoms with E-state index < -0.39 is 17.9 Å². The molecule has 8 nitrogen and oxygen atoms in total. The number of H-pyrrole nitrogens is 1. The minimum absolute atomic E-state index is 0.215. The number of aliphatic carboxylic acids is 1. The van der Waals surface area contributed by atoms with E-state index in [1.165, 1.54) is 5.01 Å². The van der Waals surface area contributed by atoms with Crippen molar-refractivity contribution in [2.24, 2.45) is 5.10 Å². The first-order valence-corrected chi connectivity index (χ1v) is 11.7. The van der Waals surface area contributed by atoms with E-state index in [1.54, 1.807) is 30.5 Å². The predicted molar refractivity (Wildman–Crippen MR) is 137 cm³/mol. The number of carboxylic acids is 1. The SMILES string of the molecule is O=C(O)CCC(=O)N1N=C(c2c(-c3ccc(Cl)cc3)c3ccccc3[nH]c2=O)C[C@@H]1c1ccccn1. The van der Waals surface area contributed by atoms with Crippen molar-refractivity contribution < 1.29 is 14.7 Å². The molecule has 5 rings (SSSR count). The van der Waals surface area contributed by atoms with Crippen LogP contribution in [0.1, 0.15) is 36.6 Å². The standard InChI is InChI=1S/C27H21ClN4O4/c28-17-10-8-16(9-11-17)25-18-5-1-2-6-19(18)30-27(36)26(25)21-15-22(20-7-3-4-14-29-20)32(31-21)23(33)12-13-24(34)35/h1-11,14,22H,12-13,15H2,(H,30,36)(H,34,35)/t22-/m1/s1. The molecule has 0 unspecified atom stereocenters. The number of carboxylic acid groups (broad SMARTS) is 1. The van der Waals surface area contributed by atoms with Gasteiger partial charge in [-0.2, -0.15) is 5.10 Å². The molecule has 4 aromatic rings. The molecular formula is C27H21ClN4O4. The Morgan fingerprint density at radius 1 is 1.00 bits per heavy atom. The molecule has 1 amide bonds. The molecule has 180 valence electrons. The van der Waals surface area contributed by atoms with Crippen molar-refractivity contribution in [2.75, 3.05) is 0 Å². The molecule has 0 spiro atoms. The van der Waals surface area contributed by atoms with E-state index in [2.05, 4.69) is 15.1 Å². The summed E-state index contributed by atoms with van der Waals surface area (Å²) >= 11 is 6.12. The fraction of sp³-hybridized carbons (Fsp3) is 0.148. The Morgan fingerprint density at radius 3 is 2.47 bits per heavy atom. The van der Waals surface area contributed by atoms with Crippen LogP contribution in [0.15, 0.2) is 82.8 Å². The second kappa shape index (κ2) is 9.75. The van der Waals surface area contributed by atoms with Crippen molar-refractivity contribution >= 4 is 40.1 Å². The lowest BCUT2D eigenvalue weighted by atomic mass is 9.91. The van der Waals surface area contributed by atoms with Crippen molar-refractivity contribution in [1.29, 1.82) is 0 Å². The number of fused-ring (bicyclic) bond motifs is 1. The average molecular weight is 501 g/mol. The number of halogens is 1. The fourth-order valence-corrected chi connectivity index (χ4v) is 4.58. The number of benzene rings is 2. The molecule has 0 saturated carbocycles. The summed E-state index contributed by atoms with van der Waals surface area (Å²) in [7, 11) is 0. The monoisotopic (exact) mass is 500 g/mol. The molecule has 0 radical (unpaired) electrons. The summed E-state index contributed by atoms with van der Waals surface area (Å²) in [5.74, 6) is -1.52. The number of rotatable bonds is 6. The van der Waals surface area contributed by atoms with Gasteiger partial charge in [0.25, 0.3) is 5.56 Å². The lowest BCUT2D eigenvalue weighted by Crippen LogP contribution is -2.27. The quantitative estimate of drug-likeness (QED) is 0.395. The minimum atomic E-state index is -1.07. The van der Waals surface area contributed by atoms with Crippen LogP contribution in [0.25, 0.3) is 22.0 Å². The van der Waals surface area contributed by atoms with Crippen molar-refractivity contribution in [1.82, 2.24) is 15.0 Å². The Labute approximate surface area is 210 Å². The number of carbonyl (C=O) groups is 2. The second-order valence-corrected chi connectivity index (χ2v) is 8.85. The van der Waals surface area contributed by atoms with Gasteiger partial charge in [0, 0.05) is 40.5 Å². The first-order valence-electron chi connectivity index (χ1n) is 11.4. The van der Waals surface area contributed by atoms with E-state index in [4.69, 9.17) is 16.7 Å². The zero-order chi connectivity index (χ0) is 25.2. The molecule has 2 aromatic heterocycles. The predicted octanol–water partition coefficient (Wildman–Crippen LogP) is 4.79. The van der Waals surface area contributed by atoms with Gasteiger partial charge in [-0.1, -0.05) is 48.0 Å². The van der Waals surface area contributed by atoms with Gasteiger partial charge in [0.1, 0.15) is 6.04 Å². The molecular weight excluding hydrogens is 480 g/mol. The number of aromatic amines is 1. The third kappa shape index (κ3) is 4.50. The first-order chi connectivity index (χ1) is 17.4. The molecule has 0 aliphatic carbocycles. The number of para-hydroxylation sites is 1. The molecule has 2 N–H and O–H groups in total. The van der Waals surface area contributed by atoms with Gasteiger partial charge in [-0.3, -0.25) is 19.4 Å². The largest absolute Gasteiger partial charge is 0.481 e. The first kappa shape index (κ1) is 23.4. The van der Waals surface area contributed by atoms with Crippen LogP contribution in [0.5, 0.6) is 0 Å². The zero-order valence-electron chi connectivity index (χ0n) is 19.0. The summed E-state index contributed by atoms with van der Waals surface area (Å²) in [6.45, 7) is 0. The van der Waals surface area contributed by atoms with Crippen LogP contribution >= 0.6 is 11.6 Å². The van der Waals surface area contributed by atoms with E-state index in [0.29, 0.717) is 33.1 Å². The molecule has 3 heterocycles. The molecule has 2 aromatic carbocycles. The van der Waals surface area contributed by atoms with Gasteiger partial charge in [-0.05, 0) is 35.9 Å². The molecule has 9 heteroatoms. The number of hydrogen-bond donors (Lipinski definition) is 2. The number of hydrazone groups is 1.